The molecule has 2 aliphatic heterocycles. The second-order valence-electron chi connectivity index (χ2n) is 8.95. The minimum absolute atomic E-state index is 0.0639. The van der Waals surface area contributed by atoms with E-state index < -0.39 is 0 Å². The Balaban J connectivity index is 1.21. The molecule has 3 aliphatic rings. The summed E-state index contributed by atoms with van der Waals surface area (Å²) in [5.41, 5.74) is 0.680. The smallest absolute Gasteiger partial charge is 0.321 e. The average molecular weight is 452 g/mol. The Bertz CT molecular complexity index is 717. The molecule has 1 radical (unpaired) electrons. The number of hydrogen-bond acceptors (Lipinski definition) is 3. The van der Waals surface area contributed by atoms with Gasteiger partial charge in [-0.2, -0.15) is 0 Å². The summed E-state index contributed by atoms with van der Waals surface area (Å²) in [6, 6.07) is 5.92. The summed E-state index contributed by atoms with van der Waals surface area (Å²) in [6.45, 7) is 7.13. The molecule has 30 heavy (non-hydrogen) atoms. The number of halogens is 2. The fraction of sp³-hybridized carbons (Fsp3) is 0.652. The van der Waals surface area contributed by atoms with Crippen LogP contribution in [-0.2, 0) is 0 Å². The molecular weight excluding hydrogens is 419 g/mol. The number of carbonyl (C=O) groups excluding carboxylic acids is 1. The average Bonchev–Trinajstić information content (AvgIpc) is 2.77. The molecule has 1 aromatic rings. The van der Waals surface area contributed by atoms with Gasteiger partial charge in [-0.25, -0.2) is 4.79 Å². The Morgan fingerprint density at radius 1 is 1.00 bits per heavy atom. The van der Waals surface area contributed by atoms with E-state index >= 15 is 0 Å². The molecule has 0 unspecified atom stereocenters. The molecule has 2 saturated heterocycles. The summed E-state index contributed by atoms with van der Waals surface area (Å²) in [5.74, 6) is 0.765. The van der Waals surface area contributed by atoms with Gasteiger partial charge in [0.15, 0.2) is 0 Å². The lowest BCUT2D eigenvalue weighted by molar-refractivity contribution is 0.0724. The van der Waals surface area contributed by atoms with Gasteiger partial charge in [-0.1, -0.05) is 23.2 Å². The van der Waals surface area contributed by atoms with E-state index in [1.165, 1.54) is 51.6 Å². The summed E-state index contributed by atoms with van der Waals surface area (Å²) >= 11 is 12.0. The van der Waals surface area contributed by atoms with Gasteiger partial charge in [-0.3, -0.25) is 4.90 Å². The first-order chi connectivity index (χ1) is 14.6. The molecule has 1 aliphatic carbocycles. The standard InChI is InChI=1S/C23H33Cl2N4O/c24-21-9-8-19(15-22(21)25)26-23(30)28-13-11-27(12-14-28)16-18-5-4-10-29(17-18)20-6-2-1-3-7-20/h1,8-9,15,18,20H,2-7,10-14,16-17H2,(H,26,30)/t18-/m0/s1. The first-order valence-corrected chi connectivity index (χ1v) is 12.1. The van der Waals surface area contributed by atoms with Crippen molar-refractivity contribution >= 4 is 34.9 Å². The summed E-state index contributed by atoms with van der Waals surface area (Å²) < 4.78 is 0. The number of benzene rings is 1. The van der Waals surface area contributed by atoms with Crippen molar-refractivity contribution in [2.45, 2.75) is 44.6 Å². The Hall–Kier alpha value is -1.01. The third-order valence-electron chi connectivity index (χ3n) is 6.82. The second-order valence-corrected chi connectivity index (χ2v) is 9.76. The van der Waals surface area contributed by atoms with Gasteiger partial charge in [0.05, 0.1) is 10.0 Å². The number of hydrogen-bond donors (Lipinski definition) is 1. The zero-order valence-electron chi connectivity index (χ0n) is 17.7. The maximum atomic E-state index is 12.6. The first kappa shape index (κ1) is 22.2. The number of anilines is 1. The molecule has 1 atom stereocenters. The summed E-state index contributed by atoms with van der Waals surface area (Å²) in [6.07, 6.45) is 10.4. The number of urea groups is 1. The van der Waals surface area contributed by atoms with Crippen molar-refractivity contribution in [3.05, 3.63) is 34.7 Å². The van der Waals surface area contributed by atoms with Crippen LogP contribution in [0.3, 0.4) is 0 Å². The van der Waals surface area contributed by atoms with Crippen molar-refractivity contribution in [3.8, 4) is 0 Å². The van der Waals surface area contributed by atoms with E-state index in [2.05, 4.69) is 21.5 Å². The quantitative estimate of drug-likeness (QED) is 0.699. The molecule has 7 heteroatoms. The van der Waals surface area contributed by atoms with E-state index in [0.29, 0.717) is 15.7 Å². The van der Waals surface area contributed by atoms with Crippen LogP contribution in [0, 0.1) is 12.3 Å². The predicted octanol–water partition coefficient (Wildman–Crippen LogP) is 5.00. The highest BCUT2D eigenvalue weighted by Crippen LogP contribution is 2.28. The van der Waals surface area contributed by atoms with Crippen LogP contribution in [-0.4, -0.2) is 72.6 Å². The zero-order chi connectivity index (χ0) is 20.9. The number of nitrogens with one attached hydrogen (secondary N) is 1. The van der Waals surface area contributed by atoms with Crippen LogP contribution in [0.25, 0.3) is 0 Å². The van der Waals surface area contributed by atoms with E-state index in [-0.39, 0.29) is 6.03 Å². The van der Waals surface area contributed by atoms with Gasteiger partial charge in [0.1, 0.15) is 0 Å². The lowest BCUT2D eigenvalue weighted by atomic mass is 9.90. The third kappa shape index (κ3) is 5.82. The summed E-state index contributed by atoms with van der Waals surface area (Å²) in [5, 5.41) is 3.88. The molecule has 0 bridgehead atoms. The largest absolute Gasteiger partial charge is 0.322 e. The van der Waals surface area contributed by atoms with Crippen LogP contribution >= 0.6 is 23.2 Å². The van der Waals surface area contributed by atoms with Gasteiger partial charge in [0.25, 0.3) is 0 Å². The molecule has 3 fully saturated rings. The monoisotopic (exact) mass is 451 g/mol. The highest BCUT2D eigenvalue weighted by atomic mass is 35.5. The van der Waals surface area contributed by atoms with Crippen LogP contribution in [0.1, 0.15) is 38.5 Å². The number of piperidine rings is 1. The molecule has 5 nitrogen and oxygen atoms in total. The Morgan fingerprint density at radius 3 is 2.50 bits per heavy atom. The van der Waals surface area contributed by atoms with E-state index in [4.69, 9.17) is 23.2 Å². The minimum Gasteiger partial charge on any atom is -0.322 e. The molecule has 0 spiro atoms. The number of rotatable bonds is 4. The van der Waals surface area contributed by atoms with E-state index in [9.17, 15) is 4.79 Å². The number of amides is 2. The van der Waals surface area contributed by atoms with Crippen LogP contribution in [0.2, 0.25) is 10.0 Å². The van der Waals surface area contributed by atoms with Crippen molar-refractivity contribution < 1.29 is 4.79 Å². The summed E-state index contributed by atoms with van der Waals surface area (Å²) in [4.78, 5) is 19.8. The topological polar surface area (TPSA) is 38.8 Å². The van der Waals surface area contributed by atoms with Crippen LogP contribution < -0.4 is 5.32 Å². The van der Waals surface area contributed by atoms with E-state index in [0.717, 1.165) is 44.7 Å². The Labute approximate surface area is 190 Å². The number of likely N-dealkylation sites (tertiary alicyclic amines) is 1. The Kier molecular flexibility index (Phi) is 7.79. The lowest BCUT2D eigenvalue weighted by Gasteiger charge is -2.42. The molecule has 165 valence electrons. The molecule has 1 saturated carbocycles. The number of piperazine rings is 1. The van der Waals surface area contributed by atoms with Gasteiger partial charge in [0, 0.05) is 51.0 Å². The molecular formula is C23H33Cl2N4O. The van der Waals surface area contributed by atoms with Gasteiger partial charge in [-0.15, -0.1) is 0 Å². The molecule has 1 N–H and O–H groups in total. The molecule has 2 heterocycles. The fourth-order valence-electron chi connectivity index (χ4n) is 5.13. The highest BCUT2D eigenvalue weighted by molar-refractivity contribution is 6.42. The van der Waals surface area contributed by atoms with Crippen molar-refractivity contribution in [3.63, 3.8) is 0 Å². The maximum Gasteiger partial charge on any atom is 0.321 e. The predicted molar refractivity (Wildman–Crippen MR) is 124 cm³/mol. The molecule has 4 rings (SSSR count). The van der Waals surface area contributed by atoms with Gasteiger partial charge >= 0.3 is 6.03 Å². The second kappa shape index (κ2) is 10.5. The Morgan fingerprint density at radius 2 is 1.77 bits per heavy atom. The van der Waals surface area contributed by atoms with Crippen LogP contribution in [0.5, 0.6) is 0 Å². The van der Waals surface area contributed by atoms with Gasteiger partial charge in [-0.05, 0) is 75.6 Å². The van der Waals surface area contributed by atoms with Crippen molar-refractivity contribution in [2.24, 2.45) is 5.92 Å². The minimum atomic E-state index is -0.0639. The number of carbonyl (C=O) groups is 1. The van der Waals surface area contributed by atoms with E-state index in [1.54, 1.807) is 18.2 Å². The third-order valence-corrected chi connectivity index (χ3v) is 7.56. The SMILES string of the molecule is O=C(Nc1ccc(Cl)c(Cl)c1)N1CCN(C[C@@H]2CCCN(C3CC[CH]CC3)C2)CC1. The van der Waals surface area contributed by atoms with Crippen LogP contribution in [0.15, 0.2) is 18.2 Å². The lowest BCUT2D eigenvalue weighted by Crippen LogP contribution is -2.52. The van der Waals surface area contributed by atoms with Gasteiger partial charge < -0.3 is 15.1 Å². The van der Waals surface area contributed by atoms with E-state index in [1.807, 2.05) is 4.90 Å². The maximum absolute atomic E-state index is 12.6. The van der Waals surface area contributed by atoms with Gasteiger partial charge in [0.2, 0.25) is 0 Å². The van der Waals surface area contributed by atoms with Crippen LogP contribution in [0.4, 0.5) is 10.5 Å². The molecule has 1 aromatic carbocycles. The first-order valence-electron chi connectivity index (χ1n) is 11.4. The zero-order valence-corrected chi connectivity index (χ0v) is 19.2. The fourth-order valence-corrected chi connectivity index (χ4v) is 5.43. The van der Waals surface area contributed by atoms with Crippen molar-refractivity contribution in [1.29, 1.82) is 0 Å². The van der Waals surface area contributed by atoms with Crippen molar-refractivity contribution in [2.75, 3.05) is 51.1 Å². The molecule has 0 aromatic heterocycles. The van der Waals surface area contributed by atoms with Crippen molar-refractivity contribution in [1.82, 2.24) is 14.7 Å². The summed E-state index contributed by atoms with van der Waals surface area (Å²) in [7, 11) is 0. The normalized spacial score (nSPS) is 24.7. The highest BCUT2D eigenvalue weighted by Gasteiger charge is 2.29. The number of nitrogens with zero attached hydrogens (tertiary/aromatic N) is 3. The molecule has 2 amide bonds.